The van der Waals surface area contributed by atoms with Crippen molar-refractivity contribution in [2.75, 3.05) is 6.61 Å². The van der Waals surface area contributed by atoms with Crippen LogP contribution < -0.4 is 4.74 Å². The number of thiophene rings is 1. The summed E-state index contributed by atoms with van der Waals surface area (Å²) in [5.74, 6) is -2.31. The lowest BCUT2D eigenvalue weighted by Gasteiger charge is -2.08. The normalized spacial score (nSPS) is 10.1. The monoisotopic (exact) mass is 316 g/mol. The zero-order chi connectivity index (χ0) is 15.4. The van der Waals surface area contributed by atoms with E-state index in [0.717, 1.165) is 0 Å². The molecule has 2 nitrogen and oxygen atoms in total. The van der Waals surface area contributed by atoms with Crippen LogP contribution in [0.25, 0.3) is 0 Å². The Bertz CT molecular complexity index is 689. The average molecular weight is 316 g/mol. The standard InChI is InChI=1S/C14H8F4O2S/c15-9-6-10(16)13(18)14(12(9)17)20-7-11-8(2-1-4-19)3-5-21-11/h3,5-6,19H,4,7H2. The molecule has 0 saturated carbocycles. The minimum absolute atomic E-state index is 0.112. The van der Waals surface area contributed by atoms with E-state index in [1.165, 1.54) is 11.3 Å². The molecule has 0 saturated heterocycles. The summed E-state index contributed by atoms with van der Waals surface area (Å²) in [6.45, 7) is -0.641. The van der Waals surface area contributed by atoms with Crippen molar-refractivity contribution >= 4 is 11.3 Å². The second-order valence-electron chi connectivity index (χ2n) is 3.80. The third-order valence-corrected chi connectivity index (χ3v) is 3.36. The van der Waals surface area contributed by atoms with Crippen LogP contribution in [0.3, 0.4) is 0 Å². The summed E-state index contributed by atoms with van der Waals surface area (Å²) in [5, 5.41) is 10.3. The van der Waals surface area contributed by atoms with Crippen LogP contribution in [0.1, 0.15) is 10.4 Å². The number of aliphatic hydroxyl groups is 1. The molecule has 7 heteroatoms. The molecule has 0 aliphatic rings. The first-order valence-electron chi connectivity index (χ1n) is 5.66. The van der Waals surface area contributed by atoms with Gasteiger partial charge in [0.2, 0.25) is 11.6 Å². The first-order valence-corrected chi connectivity index (χ1v) is 6.54. The summed E-state index contributed by atoms with van der Waals surface area (Å²) < 4.78 is 57.7. The van der Waals surface area contributed by atoms with Crippen LogP contribution in [0, 0.1) is 35.1 Å². The van der Waals surface area contributed by atoms with Gasteiger partial charge in [-0.05, 0) is 11.4 Å². The Morgan fingerprint density at radius 2 is 1.81 bits per heavy atom. The smallest absolute Gasteiger partial charge is 0.203 e. The van der Waals surface area contributed by atoms with Crippen molar-refractivity contribution in [1.29, 1.82) is 0 Å². The molecule has 0 atom stereocenters. The summed E-state index contributed by atoms with van der Waals surface area (Å²) >= 11 is 1.20. The van der Waals surface area contributed by atoms with Crippen LogP contribution in [0.4, 0.5) is 17.6 Å². The van der Waals surface area contributed by atoms with Crippen LogP contribution in [-0.4, -0.2) is 11.7 Å². The molecule has 1 aromatic carbocycles. The summed E-state index contributed by atoms with van der Waals surface area (Å²) in [5.41, 5.74) is 0.506. The lowest BCUT2D eigenvalue weighted by Crippen LogP contribution is -2.03. The van der Waals surface area contributed by atoms with E-state index in [2.05, 4.69) is 11.8 Å². The fourth-order valence-electron chi connectivity index (χ4n) is 1.51. The Labute approximate surface area is 121 Å². The third kappa shape index (κ3) is 3.35. The van der Waals surface area contributed by atoms with Crippen LogP contribution >= 0.6 is 11.3 Å². The van der Waals surface area contributed by atoms with Gasteiger partial charge in [-0.2, -0.15) is 8.78 Å². The average Bonchev–Trinajstić information content (AvgIpc) is 2.90. The topological polar surface area (TPSA) is 29.5 Å². The summed E-state index contributed by atoms with van der Waals surface area (Å²) in [6.07, 6.45) is 0. The Morgan fingerprint density at radius 1 is 1.14 bits per heavy atom. The van der Waals surface area contributed by atoms with Gasteiger partial charge in [-0.3, -0.25) is 0 Å². The molecule has 110 valence electrons. The number of benzene rings is 1. The minimum Gasteiger partial charge on any atom is -0.482 e. The van der Waals surface area contributed by atoms with Crippen LogP contribution in [0.15, 0.2) is 17.5 Å². The summed E-state index contributed by atoms with van der Waals surface area (Å²) in [7, 11) is 0. The van der Waals surface area contributed by atoms with Crippen LogP contribution in [0.2, 0.25) is 0 Å². The maximum absolute atomic E-state index is 13.4. The second-order valence-corrected chi connectivity index (χ2v) is 4.80. The van der Waals surface area contributed by atoms with Crippen LogP contribution in [0.5, 0.6) is 5.75 Å². The van der Waals surface area contributed by atoms with Crippen molar-refractivity contribution in [2.45, 2.75) is 6.61 Å². The van der Waals surface area contributed by atoms with E-state index in [1.807, 2.05) is 0 Å². The number of hydrogen-bond acceptors (Lipinski definition) is 3. The zero-order valence-electron chi connectivity index (χ0n) is 10.4. The molecule has 1 heterocycles. The van der Waals surface area contributed by atoms with E-state index >= 15 is 0 Å². The van der Waals surface area contributed by atoms with Crippen molar-refractivity contribution in [3.8, 4) is 17.6 Å². The zero-order valence-corrected chi connectivity index (χ0v) is 11.2. The number of ether oxygens (including phenoxy) is 1. The largest absolute Gasteiger partial charge is 0.482 e. The van der Waals surface area contributed by atoms with Gasteiger partial charge in [-0.1, -0.05) is 11.8 Å². The van der Waals surface area contributed by atoms with Crippen molar-refractivity contribution in [3.63, 3.8) is 0 Å². The van der Waals surface area contributed by atoms with E-state index in [1.54, 1.807) is 11.4 Å². The van der Waals surface area contributed by atoms with E-state index in [4.69, 9.17) is 9.84 Å². The highest BCUT2D eigenvalue weighted by Crippen LogP contribution is 2.28. The Morgan fingerprint density at radius 3 is 2.43 bits per heavy atom. The highest BCUT2D eigenvalue weighted by atomic mass is 32.1. The van der Waals surface area contributed by atoms with Gasteiger partial charge in [0.15, 0.2) is 17.4 Å². The Hall–Kier alpha value is -2.04. The molecule has 2 rings (SSSR count). The highest BCUT2D eigenvalue weighted by Gasteiger charge is 2.21. The molecule has 0 fully saturated rings. The second kappa shape index (κ2) is 6.61. The predicted molar refractivity (Wildman–Crippen MR) is 68.9 cm³/mol. The molecule has 0 radical (unpaired) electrons. The van der Waals surface area contributed by atoms with Gasteiger partial charge in [0.1, 0.15) is 13.2 Å². The van der Waals surface area contributed by atoms with E-state index < -0.39 is 29.0 Å². The first kappa shape index (κ1) is 15.4. The van der Waals surface area contributed by atoms with Gasteiger partial charge < -0.3 is 9.84 Å². The minimum atomic E-state index is -1.59. The van der Waals surface area contributed by atoms with Gasteiger partial charge in [-0.25, -0.2) is 8.78 Å². The van der Waals surface area contributed by atoms with Gasteiger partial charge in [0.05, 0.1) is 4.88 Å². The van der Waals surface area contributed by atoms with E-state index in [9.17, 15) is 17.6 Å². The number of hydrogen-bond donors (Lipinski definition) is 1. The molecular formula is C14H8F4O2S. The molecular weight excluding hydrogens is 308 g/mol. The molecule has 0 spiro atoms. The number of rotatable bonds is 3. The van der Waals surface area contributed by atoms with Gasteiger partial charge in [0.25, 0.3) is 0 Å². The number of halogens is 4. The molecule has 0 unspecified atom stereocenters. The summed E-state index contributed by atoms with van der Waals surface area (Å²) in [4.78, 5) is 0.513. The maximum atomic E-state index is 13.4. The third-order valence-electron chi connectivity index (χ3n) is 2.47. The quantitative estimate of drug-likeness (QED) is 0.535. The molecule has 0 aliphatic heterocycles. The van der Waals surface area contributed by atoms with Crippen molar-refractivity contribution in [2.24, 2.45) is 0 Å². The highest BCUT2D eigenvalue weighted by molar-refractivity contribution is 7.10. The van der Waals surface area contributed by atoms with Crippen molar-refractivity contribution in [3.05, 3.63) is 51.2 Å². The fourth-order valence-corrected chi connectivity index (χ4v) is 2.26. The van der Waals surface area contributed by atoms with E-state index in [0.29, 0.717) is 10.4 Å². The molecule has 0 aliphatic carbocycles. The van der Waals surface area contributed by atoms with Crippen LogP contribution in [-0.2, 0) is 6.61 Å². The molecule has 2 aromatic rings. The SMILES string of the molecule is OCC#Cc1ccsc1COc1c(F)c(F)cc(F)c1F. The lowest BCUT2D eigenvalue weighted by atomic mass is 10.2. The maximum Gasteiger partial charge on any atom is 0.203 e. The predicted octanol–water partition coefficient (Wildman–Crippen LogP) is 3.23. The van der Waals surface area contributed by atoms with Gasteiger partial charge >= 0.3 is 0 Å². The molecule has 1 aromatic heterocycles. The molecule has 0 bridgehead atoms. The summed E-state index contributed by atoms with van der Waals surface area (Å²) in [6, 6.07) is 1.74. The first-order chi connectivity index (χ1) is 10.0. The fraction of sp³-hybridized carbons (Fsp3) is 0.143. The van der Waals surface area contributed by atoms with Gasteiger partial charge in [-0.15, -0.1) is 11.3 Å². The Kier molecular flexibility index (Phi) is 4.83. The number of aliphatic hydroxyl groups excluding tert-OH is 1. The van der Waals surface area contributed by atoms with E-state index in [-0.39, 0.29) is 19.3 Å². The van der Waals surface area contributed by atoms with Gasteiger partial charge in [0, 0.05) is 11.6 Å². The molecule has 21 heavy (non-hydrogen) atoms. The van der Waals surface area contributed by atoms with Crippen molar-refractivity contribution in [1.82, 2.24) is 0 Å². The Balaban J connectivity index is 2.23. The molecule has 0 amide bonds. The lowest BCUT2D eigenvalue weighted by molar-refractivity contribution is 0.264. The molecule has 1 N–H and O–H groups in total. The van der Waals surface area contributed by atoms with Crippen molar-refractivity contribution < 1.29 is 27.4 Å².